The van der Waals surface area contributed by atoms with Crippen LogP contribution in [0.25, 0.3) is 0 Å². The number of nitrogens with zero attached hydrogens (tertiary/aromatic N) is 1. The summed E-state index contributed by atoms with van der Waals surface area (Å²) in [4.78, 5) is 0. The molecule has 1 aliphatic carbocycles. The second-order valence-corrected chi connectivity index (χ2v) is 9.95. The molecule has 1 aliphatic rings. The molecule has 0 heterocycles. The zero-order valence-electron chi connectivity index (χ0n) is 10.1. The highest BCUT2D eigenvalue weighted by Crippen LogP contribution is 2.26. The average Bonchev–Trinajstić information content (AvgIpc) is 2.18. The fourth-order valence-electron chi connectivity index (χ4n) is 2.46. The Morgan fingerprint density at radius 1 is 1.29 bits per heavy atom. The van der Waals surface area contributed by atoms with E-state index in [-0.39, 0.29) is 0 Å². The van der Waals surface area contributed by atoms with Crippen LogP contribution in [0.1, 0.15) is 32.1 Å². The van der Waals surface area contributed by atoms with E-state index in [4.69, 9.17) is 0 Å². The SMILES string of the molecule is C=CC[Si](C)(C)N(C)C1CCCCC1. The van der Waals surface area contributed by atoms with Crippen molar-refractivity contribution >= 4 is 8.24 Å². The Balaban J connectivity index is 2.52. The summed E-state index contributed by atoms with van der Waals surface area (Å²) in [5.74, 6) is 0. The molecule has 0 aliphatic heterocycles. The van der Waals surface area contributed by atoms with E-state index in [0.717, 1.165) is 6.04 Å². The van der Waals surface area contributed by atoms with E-state index in [0.29, 0.717) is 0 Å². The largest absolute Gasteiger partial charge is 0.323 e. The van der Waals surface area contributed by atoms with Crippen LogP contribution in [0.2, 0.25) is 19.1 Å². The highest BCUT2D eigenvalue weighted by Gasteiger charge is 2.30. The maximum atomic E-state index is 3.88. The van der Waals surface area contributed by atoms with Crippen LogP contribution >= 0.6 is 0 Å². The Kier molecular flexibility index (Phi) is 4.39. The van der Waals surface area contributed by atoms with Crippen molar-refractivity contribution in [1.29, 1.82) is 0 Å². The summed E-state index contributed by atoms with van der Waals surface area (Å²) in [7, 11) is 1.16. The van der Waals surface area contributed by atoms with Gasteiger partial charge in [0.2, 0.25) is 0 Å². The number of allylic oxidation sites excluding steroid dienone is 1. The number of hydrogen-bond acceptors (Lipinski definition) is 1. The van der Waals surface area contributed by atoms with Crippen LogP contribution < -0.4 is 0 Å². The highest BCUT2D eigenvalue weighted by molar-refractivity contribution is 6.75. The topological polar surface area (TPSA) is 3.24 Å². The van der Waals surface area contributed by atoms with Crippen molar-refractivity contribution in [2.75, 3.05) is 7.05 Å². The molecule has 14 heavy (non-hydrogen) atoms. The van der Waals surface area contributed by atoms with E-state index < -0.39 is 8.24 Å². The van der Waals surface area contributed by atoms with E-state index in [1.165, 1.54) is 38.1 Å². The van der Waals surface area contributed by atoms with Gasteiger partial charge in [-0.3, -0.25) is 0 Å². The minimum absolute atomic E-state index is 0.866. The molecule has 2 heteroatoms. The summed E-state index contributed by atoms with van der Waals surface area (Å²) < 4.78 is 2.70. The predicted octanol–water partition coefficient (Wildman–Crippen LogP) is 3.64. The number of hydrogen-bond donors (Lipinski definition) is 0. The minimum atomic E-state index is -1.18. The average molecular weight is 211 g/mol. The Morgan fingerprint density at radius 2 is 1.86 bits per heavy atom. The lowest BCUT2D eigenvalue weighted by Gasteiger charge is -2.41. The molecular formula is C12H25NSi. The molecule has 0 bridgehead atoms. The first-order chi connectivity index (χ1) is 6.58. The second kappa shape index (κ2) is 5.13. The van der Waals surface area contributed by atoms with Crippen molar-refractivity contribution in [1.82, 2.24) is 4.57 Å². The van der Waals surface area contributed by atoms with Crippen molar-refractivity contribution in [3.8, 4) is 0 Å². The zero-order valence-corrected chi connectivity index (χ0v) is 11.1. The van der Waals surface area contributed by atoms with Crippen molar-refractivity contribution in [2.45, 2.75) is 57.3 Å². The Bertz CT molecular complexity index is 183. The van der Waals surface area contributed by atoms with Gasteiger partial charge in [-0.15, -0.1) is 6.58 Å². The maximum Gasteiger partial charge on any atom is 0.125 e. The van der Waals surface area contributed by atoms with Crippen molar-refractivity contribution in [2.24, 2.45) is 0 Å². The minimum Gasteiger partial charge on any atom is -0.323 e. The van der Waals surface area contributed by atoms with E-state index in [1.807, 2.05) is 0 Å². The molecule has 0 saturated heterocycles. The van der Waals surface area contributed by atoms with Gasteiger partial charge < -0.3 is 4.57 Å². The molecule has 0 N–H and O–H groups in total. The van der Waals surface area contributed by atoms with Gasteiger partial charge in [0, 0.05) is 6.04 Å². The number of rotatable bonds is 4. The molecule has 0 spiro atoms. The lowest BCUT2D eigenvalue weighted by molar-refractivity contribution is 0.280. The van der Waals surface area contributed by atoms with Gasteiger partial charge in [-0.1, -0.05) is 38.4 Å². The van der Waals surface area contributed by atoms with Gasteiger partial charge in [0.15, 0.2) is 0 Å². The molecule has 0 amide bonds. The maximum absolute atomic E-state index is 3.88. The van der Waals surface area contributed by atoms with Gasteiger partial charge in [-0.2, -0.15) is 0 Å². The quantitative estimate of drug-likeness (QED) is 0.507. The molecule has 1 rings (SSSR count). The van der Waals surface area contributed by atoms with Crippen LogP contribution in [-0.4, -0.2) is 25.9 Å². The Hall–Kier alpha value is -0.0831. The normalized spacial score (nSPS) is 20.0. The first kappa shape index (κ1) is 12.0. The van der Waals surface area contributed by atoms with Crippen LogP contribution in [0.4, 0.5) is 0 Å². The summed E-state index contributed by atoms with van der Waals surface area (Å²) in [5.41, 5.74) is 0. The van der Waals surface area contributed by atoms with Crippen molar-refractivity contribution < 1.29 is 0 Å². The fraction of sp³-hybridized carbons (Fsp3) is 0.833. The van der Waals surface area contributed by atoms with Crippen LogP contribution in [0.5, 0.6) is 0 Å². The fourth-order valence-corrected chi connectivity index (χ4v) is 4.70. The molecule has 0 aromatic rings. The lowest BCUT2D eigenvalue weighted by atomic mass is 9.96. The van der Waals surface area contributed by atoms with Crippen LogP contribution in [0.15, 0.2) is 12.7 Å². The molecule has 1 saturated carbocycles. The van der Waals surface area contributed by atoms with Gasteiger partial charge in [0.05, 0.1) is 0 Å². The zero-order chi connectivity index (χ0) is 10.6. The van der Waals surface area contributed by atoms with Gasteiger partial charge in [0.1, 0.15) is 8.24 Å². The van der Waals surface area contributed by atoms with E-state index in [9.17, 15) is 0 Å². The molecule has 0 aromatic carbocycles. The summed E-state index contributed by atoms with van der Waals surface area (Å²) in [5, 5.41) is 0. The molecule has 1 fully saturated rings. The van der Waals surface area contributed by atoms with Crippen molar-refractivity contribution in [3.63, 3.8) is 0 Å². The van der Waals surface area contributed by atoms with Gasteiger partial charge in [-0.25, -0.2) is 0 Å². The van der Waals surface area contributed by atoms with E-state index in [1.54, 1.807) is 0 Å². The second-order valence-electron chi connectivity index (χ2n) is 5.21. The van der Waals surface area contributed by atoms with Gasteiger partial charge in [-0.05, 0) is 25.9 Å². The lowest BCUT2D eigenvalue weighted by Crippen LogP contribution is -2.51. The van der Waals surface area contributed by atoms with Crippen LogP contribution in [-0.2, 0) is 0 Å². The van der Waals surface area contributed by atoms with Gasteiger partial charge >= 0.3 is 0 Å². The third-order valence-corrected chi connectivity index (χ3v) is 7.28. The summed E-state index contributed by atoms with van der Waals surface area (Å²) in [6.07, 6.45) is 9.27. The molecular weight excluding hydrogens is 186 g/mol. The van der Waals surface area contributed by atoms with E-state index >= 15 is 0 Å². The highest BCUT2D eigenvalue weighted by atomic mass is 28.3. The molecule has 1 nitrogen and oxygen atoms in total. The summed E-state index contributed by atoms with van der Waals surface area (Å²) in [6, 6.07) is 2.09. The molecule has 82 valence electrons. The summed E-state index contributed by atoms with van der Waals surface area (Å²) in [6.45, 7) is 8.80. The van der Waals surface area contributed by atoms with Crippen LogP contribution in [0.3, 0.4) is 0 Å². The molecule has 0 atom stereocenters. The first-order valence-electron chi connectivity index (χ1n) is 5.92. The Morgan fingerprint density at radius 3 is 2.36 bits per heavy atom. The Labute approximate surface area is 90.3 Å². The molecule has 0 radical (unpaired) electrons. The summed E-state index contributed by atoms with van der Waals surface area (Å²) >= 11 is 0. The third kappa shape index (κ3) is 2.96. The van der Waals surface area contributed by atoms with E-state index in [2.05, 4.69) is 37.4 Å². The standard InChI is InChI=1S/C12H25NSi/c1-5-11-14(3,4)13(2)12-9-7-6-8-10-12/h5,12H,1,6-11H2,2-4H3. The molecule has 0 unspecified atom stereocenters. The smallest absolute Gasteiger partial charge is 0.125 e. The van der Waals surface area contributed by atoms with Gasteiger partial charge in [0.25, 0.3) is 0 Å². The third-order valence-electron chi connectivity index (χ3n) is 3.72. The van der Waals surface area contributed by atoms with Crippen LogP contribution in [0, 0.1) is 0 Å². The van der Waals surface area contributed by atoms with Crippen molar-refractivity contribution in [3.05, 3.63) is 12.7 Å². The predicted molar refractivity (Wildman–Crippen MR) is 67.1 cm³/mol. The molecule has 0 aromatic heterocycles. The monoisotopic (exact) mass is 211 g/mol. The first-order valence-corrected chi connectivity index (χ1v) is 9.07.